The second-order valence-corrected chi connectivity index (χ2v) is 4.12. The van der Waals surface area contributed by atoms with Gasteiger partial charge in [-0.3, -0.25) is 0 Å². The molecule has 2 aromatic heterocycles. The second-order valence-electron chi connectivity index (χ2n) is 2.56. The summed E-state index contributed by atoms with van der Waals surface area (Å²) in [6, 6.07) is 3.90. The van der Waals surface area contributed by atoms with E-state index in [9.17, 15) is 0 Å². The zero-order chi connectivity index (χ0) is 10.9. The summed E-state index contributed by atoms with van der Waals surface area (Å²) >= 11 is 3.29. The first kappa shape index (κ1) is 12.1. The zero-order valence-electron chi connectivity index (χ0n) is 8.80. The highest BCUT2D eigenvalue weighted by Gasteiger charge is 1.86. The van der Waals surface area contributed by atoms with Crippen LogP contribution in [0, 0.1) is 0 Å². The fourth-order valence-corrected chi connectivity index (χ4v) is 2.04. The Labute approximate surface area is 98.1 Å². The molecule has 15 heavy (non-hydrogen) atoms. The van der Waals surface area contributed by atoms with Crippen molar-refractivity contribution in [3.63, 3.8) is 0 Å². The van der Waals surface area contributed by atoms with E-state index < -0.39 is 0 Å². The van der Waals surface area contributed by atoms with Gasteiger partial charge < -0.3 is 9.47 Å². The largest absolute Gasteiger partial charge is 0.496 e. The van der Waals surface area contributed by atoms with Gasteiger partial charge in [0.25, 0.3) is 0 Å². The molecule has 0 saturated heterocycles. The van der Waals surface area contributed by atoms with E-state index in [1.807, 2.05) is 40.6 Å². The molecule has 2 rings (SSSR count). The van der Waals surface area contributed by atoms with Crippen molar-refractivity contribution in [1.82, 2.24) is 0 Å². The van der Waals surface area contributed by atoms with Gasteiger partial charge in [0.2, 0.25) is 0 Å². The summed E-state index contributed by atoms with van der Waals surface area (Å²) < 4.78 is 10.0. The lowest BCUT2D eigenvalue weighted by Gasteiger charge is -1.94. The van der Waals surface area contributed by atoms with Gasteiger partial charge in [0.15, 0.2) is 0 Å². The molecule has 0 bridgehead atoms. The number of thiophene rings is 2. The van der Waals surface area contributed by atoms with Gasteiger partial charge in [-0.25, -0.2) is 0 Å². The Morgan fingerprint density at radius 1 is 1.07 bits per heavy atom. The number of ether oxygens (including phenoxy) is 2. The molecule has 0 aliphatic heterocycles. The second kappa shape index (κ2) is 7.31. The molecular formula is C11H14O2S2. The minimum Gasteiger partial charge on any atom is -0.496 e. The SMILES string of the molecule is CCOc1ccsc1.COc1ccsc1. The Morgan fingerprint density at radius 2 is 1.67 bits per heavy atom. The van der Waals surface area contributed by atoms with E-state index in [2.05, 4.69) is 0 Å². The quantitative estimate of drug-likeness (QED) is 0.812. The van der Waals surface area contributed by atoms with Gasteiger partial charge in [-0.05, 0) is 29.8 Å². The van der Waals surface area contributed by atoms with Crippen LogP contribution in [-0.4, -0.2) is 13.7 Å². The lowest BCUT2D eigenvalue weighted by molar-refractivity contribution is 0.342. The Bertz CT molecular complexity index is 327. The third kappa shape index (κ3) is 4.85. The Balaban J connectivity index is 0.000000151. The molecule has 0 amide bonds. The molecule has 0 spiro atoms. The van der Waals surface area contributed by atoms with Gasteiger partial charge in [-0.1, -0.05) is 0 Å². The Kier molecular flexibility index (Phi) is 5.88. The molecule has 82 valence electrons. The van der Waals surface area contributed by atoms with Gasteiger partial charge in [0.05, 0.1) is 13.7 Å². The minimum absolute atomic E-state index is 0.761. The number of hydrogen-bond acceptors (Lipinski definition) is 4. The van der Waals surface area contributed by atoms with E-state index in [0.717, 1.165) is 18.1 Å². The van der Waals surface area contributed by atoms with Crippen LogP contribution in [0.4, 0.5) is 0 Å². The van der Waals surface area contributed by atoms with E-state index in [-0.39, 0.29) is 0 Å². The van der Waals surface area contributed by atoms with Crippen LogP contribution in [0.15, 0.2) is 33.7 Å². The van der Waals surface area contributed by atoms with Crippen LogP contribution in [0.1, 0.15) is 6.92 Å². The molecule has 0 fully saturated rings. The van der Waals surface area contributed by atoms with Crippen molar-refractivity contribution in [2.45, 2.75) is 6.92 Å². The summed E-state index contributed by atoms with van der Waals surface area (Å²) in [7, 11) is 1.67. The van der Waals surface area contributed by atoms with E-state index in [1.165, 1.54) is 0 Å². The van der Waals surface area contributed by atoms with Gasteiger partial charge in [-0.15, -0.1) is 22.7 Å². The predicted octanol–water partition coefficient (Wildman–Crippen LogP) is 3.90. The van der Waals surface area contributed by atoms with Crippen LogP contribution >= 0.6 is 22.7 Å². The topological polar surface area (TPSA) is 18.5 Å². The molecule has 2 nitrogen and oxygen atoms in total. The minimum atomic E-state index is 0.761. The summed E-state index contributed by atoms with van der Waals surface area (Å²) in [6.07, 6.45) is 0. The molecule has 2 aromatic rings. The summed E-state index contributed by atoms with van der Waals surface area (Å²) in [5.41, 5.74) is 0. The van der Waals surface area contributed by atoms with Crippen molar-refractivity contribution in [3.05, 3.63) is 33.7 Å². The monoisotopic (exact) mass is 242 g/mol. The maximum absolute atomic E-state index is 5.16. The van der Waals surface area contributed by atoms with Crippen LogP contribution < -0.4 is 9.47 Å². The number of methoxy groups -OCH3 is 1. The first-order chi connectivity index (χ1) is 7.36. The van der Waals surface area contributed by atoms with Crippen molar-refractivity contribution in [2.75, 3.05) is 13.7 Å². The first-order valence-electron chi connectivity index (χ1n) is 4.58. The van der Waals surface area contributed by atoms with Crippen LogP contribution in [0.2, 0.25) is 0 Å². The van der Waals surface area contributed by atoms with Gasteiger partial charge in [0.1, 0.15) is 11.5 Å². The maximum atomic E-state index is 5.16. The molecule has 0 aromatic carbocycles. The van der Waals surface area contributed by atoms with Crippen molar-refractivity contribution in [1.29, 1.82) is 0 Å². The fourth-order valence-electron chi connectivity index (χ4n) is 0.869. The van der Waals surface area contributed by atoms with Crippen molar-refractivity contribution in [2.24, 2.45) is 0 Å². The average molecular weight is 242 g/mol. The van der Waals surface area contributed by atoms with Crippen LogP contribution in [0.3, 0.4) is 0 Å². The summed E-state index contributed by atoms with van der Waals surface area (Å²) in [6.45, 7) is 2.74. The zero-order valence-corrected chi connectivity index (χ0v) is 10.4. The van der Waals surface area contributed by atoms with Crippen LogP contribution in [0.5, 0.6) is 11.5 Å². The molecule has 0 aliphatic carbocycles. The molecular weight excluding hydrogens is 228 g/mol. The first-order valence-corrected chi connectivity index (χ1v) is 6.46. The van der Waals surface area contributed by atoms with Gasteiger partial charge in [-0.2, -0.15) is 0 Å². The molecule has 0 unspecified atom stereocenters. The van der Waals surface area contributed by atoms with E-state index >= 15 is 0 Å². The summed E-state index contributed by atoms with van der Waals surface area (Å²) in [5.74, 6) is 1.93. The highest BCUT2D eigenvalue weighted by molar-refractivity contribution is 7.08. The standard InChI is InChI=1S/C6H8OS.C5H6OS/c1-2-7-6-3-4-8-5-6;1-6-5-2-3-7-4-5/h3-5H,2H2,1H3;2-4H,1H3. The molecule has 0 aliphatic rings. The molecule has 0 N–H and O–H groups in total. The van der Waals surface area contributed by atoms with E-state index in [4.69, 9.17) is 9.47 Å². The lowest BCUT2D eigenvalue weighted by Crippen LogP contribution is -1.87. The third-order valence-corrected chi connectivity index (χ3v) is 2.86. The van der Waals surface area contributed by atoms with Crippen molar-refractivity contribution in [3.8, 4) is 11.5 Å². The lowest BCUT2D eigenvalue weighted by atomic mass is 10.6. The smallest absolute Gasteiger partial charge is 0.129 e. The average Bonchev–Trinajstić information content (AvgIpc) is 2.91. The molecule has 2 heterocycles. The van der Waals surface area contributed by atoms with Crippen molar-refractivity contribution >= 4 is 22.7 Å². The highest BCUT2D eigenvalue weighted by atomic mass is 32.1. The Hall–Kier alpha value is -1.00. The van der Waals surface area contributed by atoms with E-state index in [1.54, 1.807) is 29.8 Å². The predicted molar refractivity (Wildman–Crippen MR) is 66.4 cm³/mol. The number of rotatable bonds is 3. The maximum Gasteiger partial charge on any atom is 0.129 e. The molecule has 4 heteroatoms. The van der Waals surface area contributed by atoms with Crippen LogP contribution in [-0.2, 0) is 0 Å². The third-order valence-electron chi connectivity index (χ3n) is 1.54. The summed E-state index contributed by atoms with van der Waals surface area (Å²) in [5, 5.41) is 7.94. The van der Waals surface area contributed by atoms with E-state index in [0.29, 0.717) is 0 Å². The number of hydrogen-bond donors (Lipinski definition) is 0. The highest BCUT2D eigenvalue weighted by Crippen LogP contribution is 2.14. The van der Waals surface area contributed by atoms with Crippen LogP contribution in [0.25, 0.3) is 0 Å². The Morgan fingerprint density at radius 3 is 2.00 bits per heavy atom. The molecule has 0 atom stereocenters. The molecule has 0 radical (unpaired) electrons. The summed E-state index contributed by atoms with van der Waals surface area (Å²) in [4.78, 5) is 0. The van der Waals surface area contributed by atoms with Crippen molar-refractivity contribution < 1.29 is 9.47 Å². The molecule has 0 saturated carbocycles. The van der Waals surface area contributed by atoms with Gasteiger partial charge >= 0.3 is 0 Å². The fraction of sp³-hybridized carbons (Fsp3) is 0.273. The normalized spacial score (nSPS) is 8.93. The van der Waals surface area contributed by atoms with Gasteiger partial charge in [0, 0.05) is 10.8 Å².